The van der Waals surface area contributed by atoms with Gasteiger partial charge in [0, 0.05) is 16.7 Å². The van der Waals surface area contributed by atoms with Gasteiger partial charge in [-0.3, -0.25) is 0 Å². The Kier molecular flexibility index (Phi) is 3.59. The first kappa shape index (κ1) is 11.6. The highest BCUT2D eigenvalue weighted by Gasteiger charge is 2.10. The minimum atomic E-state index is 0.309. The molecule has 0 radical (unpaired) electrons. The number of aryl methyl sites for hydroxylation is 1. The predicted octanol–water partition coefficient (Wildman–Crippen LogP) is 4.22. The molecular weight excluding hydrogens is 238 g/mol. The number of hydrogen-bond donors (Lipinski definition) is 1. The molecule has 0 spiro atoms. The van der Waals surface area contributed by atoms with E-state index in [0.717, 1.165) is 6.54 Å². The summed E-state index contributed by atoms with van der Waals surface area (Å²) in [7, 11) is 0. The number of halogens is 1. The van der Waals surface area contributed by atoms with Crippen LogP contribution in [0.5, 0.6) is 0 Å². The molecule has 0 saturated carbocycles. The average molecular weight is 256 g/mol. The Hall–Kier alpha value is -0.500. The van der Waals surface area contributed by atoms with Crippen LogP contribution in [0.3, 0.4) is 0 Å². The fourth-order valence-corrected chi connectivity index (χ4v) is 1.55. The zero-order valence-corrected chi connectivity index (χ0v) is 10.9. The van der Waals surface area contributed by atoms with Crippen LogP contribution in [0.4, 0.5) is 5.69 Å². The van der Waals surface area contributed by atoms with Crippen molar-refractivity contribution in [2.75, 3.05) is 11.9 Å². The monoisotopic (exact) mass is 255 g/mol. The summed E-state index contributed by atoms with van der Waals surface area (Å²) in [4.78, 5) is 0. The largest absolute Gasteiger partial charge is 0.384 e. The van der Waals surface area contributed by atoms with Crippen LogP contribution in [0.1, 0.15) is 26.3 Å². The molecule has 0 unspecified atom stereocenters. The molecule has 14 heavy (non-hydrogen) atoms. The van der Waals surface area contributed by atoms with Crippen molar-refractivity contribution >= 4 is 21.6 Å². The van der Waals surface area contributed by atoms with Crippen LogP contribution in [0.2, 0.25) is 0 Å². The van der Waals surface area contributed by atoms with Crippen molar-refractivity contribution < 1.29 is 0 Å². The Morgan fingerprint density at radius 2 is 1.93 bits per heavy atom. The molecule has 1 rings (SSSR count). The van der Waals surface area contributed by atoms with E-state index >= 15 is 0 Å². The van der Waals surface area contributed by atoms with E-state index in [-0.39, 0.29) is 0 Å². The lowest BCUT2D eigenvalue weighted by atomic mass is 9.97. The zero-order chi connectivity index (χ0) is 10.8. The highest BCUT2D eigenvalue weighted by molar-refractivity contribution is 9.10. The molecule has 1 N–H and O–H groups in total. The SMILES string of the molecule is Cc1cccc(NCC(C)(C)C)c1Br. The number of anilines is 1. The summed E-state index contributed by atoms with van der Waals surface area (Å²) in [5, 5.41) is 3.45. The van der Waals surface area contributed by atoms with Crippen molar-refractivity contribution in [3.63, 3.8) is 0 Å². The molecule has 0 bridgehead atoms. The standard InChI is InChI=1S/C12H18BrN/c1-9-6-5-7-10(11(9)13)14-8-12(2,3)4/h5-7,14H,8H2,1-4H3. The van der Waals surface area contributed by atoms with Crippen molar-refractivity contribution in [2.45, 2.75) is 27.7 Å². The van der Waals surface area contributed by atoms with Gasteiger partial charge in [0.05, 0.1) is 0 Å². The number of rotatable bonds is 2. The summed E-state index contributed by atoms with van der Waals surface area (Å²) in [6.07, 6.45) is 0. The van der Waals surface area contributed by atoms with Crippen molar-refractivity contribution in [1.82, 2.24) is 0 Å². The molecular formula is C12H18BrN. The Morgan fingerprint density at radius 3 is 2.50 bits per heavy atom. The maximum absolute atomic E-state index is 3.59. The smallest absolute Gasteiger partial charge is 0.0487 e. The molecule has 1 aromatic rings. The second-order valence-electron chi connectivity index (χ2n) is 4.85. The van der Waals surface area contributed by atoms with Crippen LogP contribution < -0.4 is 5.32 Å². The minimum absolute atomic E-state index is 0.309. The molecule has 2 heteroatoms. The van der Waals surface area contributed by atoms with E-state index < -0.39 is 0 Å². The summed E-state index contributed by atoms with van der Waals surface area (Å²) < 4.78 is 1.17. The van der Waals surface area contributed by atoms with E-state index in [1.165, 1.54) is 15.7 Å². The summed E-state index contributed by atoms with van der Waals surface area (Å²) in [6, 6.07) is 6.28. The van der Waals surface area contributed by atoms with Gasteiger partial charge in [-0.1, -0.05) is 32.9 Å². The predicted molar refractivity (Wildman–Crippen MR) is 66.8 cm³/mol. The van der Waals surface area contributed by atoms with Crippen molar-refractivity contribution in [1.29, 1.82) is 0 Å². The Labute approximate surface area is 95.0 Å². The van der Waals surface area contributed by atoms with Gasteiger partial charge in [0.15, 0.2) is 0 Å². The van der Waals surface area contributed by atoms with Gasteiger partial charge in [0.25, 0.3) is 0 Å². The molecule has 0 aliphatic rings. The second kappa shape index (κ2) is 4.35. The van der Waals surface area contributed by atoms with Crippen molar-refractivity contribution in [3.8, 4) is 0 Å². The second-order valence-corrected chi connectivity index (χ2v) is 5.64. The third-order valence-corrected chi connectivity index (χ3v) is 3.05. The summed E-state index contributed by atoms with van der Waals surface area (Å²) in [5.41, 5.74) is 2.76. The first-order valence-electron chi connectivity index (χ1n) is 4.89. The van der Waals surface area contributed by atoms with E-state index in [9.17, 15) is 0 Å². The van der Waals surface area contributed by atoms with Crippen LogP contribution in [-0.2, 0) is 0 Å². The van der Waals surface area contributed by atoms with Gasteiger partial charge in [0.2, 0.25) is 0 Å². The molecule has 0 aliphatic heterocycles. The van der Waals surface area contributed by atoms with E-state index in [0.29, 0.717) is 5.41 Å². The first-order valence-corrected chi connectivity index (χ1v) is 5.68. The average Bonchev–Trinajstić information content (AvgIpc) is 2.06. The van der Waals surface area contributed by atoms with Crippen molar-refractivity contribution in [2.24, 2.45) is 5.41 Å². The van der Waals surface area contributed by atoms with Crippen LogP contribution in [0, 0.1) is 12.3 Å². The summed E-state index contributed by atoms with van der Waals surface area (Å²) >= 11 is 3.59. The Balaban J connectivity index is 2.73. The van der Waals surface area contributed by atoms with Crippen LogP contribution in [0.15, 0.2) is 22.7 Å². The van der Waals surface area contributed by atoms with Gasteiger partial charge in [0.1, 0.15) is 0 Å². The van der Waals surface area contributed by atoms with Gasteiger partial charge in [-0.05, 0) is 39.9 Å². The van der Waals surface area contributed by atoms with Gasteiger partial charge in [-0.15, -0.1) is 0 Å². The quantitative estimate of drug-likeness (QED) is 0.835. The lowest BCUT2D eigenvalue weighted by Gasteiger charge is -2.20. The molecule has 0 fully saturated rings. The minimum Gasteiger partial charge on any atom is -0.384 e. The zero-order valence-electron chi connectivity index (χ0n) is 9.32. The number of benzene rings is 1. The first-order chi connectivity index (χ1) is 6.40. The molecule has 0 atom stereocenters. The maximum atomic E-state index is 3.59. The molecule has 0 aromatic heterocycles. The molecule has 1 aromatic carbocycles. The summed E-state index contributed by atoms with van der Waals surface area (Å²) in [6.45, 7) is 9.76. The van der Waals surface area contributed by atoms with Gasteiger partial charge < -0.3 is 5.32 Å². The van der Waals surface area contributed by atoms with Gasteiger partial charge in [-0.2, -0.15) is 0 Å². The van der Waals surface area contributed by atoms with Crippen LogP contribution >= 0.6 is 15.9 Å². The molecule has 0 saturated heterocycles. The van der Waals surface area contributed by atoms with Crippen LogP contribution in [0.25, 0.3) is 0 Å². The molecule has 1 nitrogen and oxygen atoms in total. The number of nitrogens with one attached hydrogen (secondary N) is 1. The molecule has 0 amide bonds. The topological polar surface area (TPSA) is 12.0 Å². The normalized spacial score (nSPS) is 11.5. The third kappa shape index (κ3) is 3.33. The fraction of sp³-hybridized carbons (Fsp3) is 0.500. The lowest BCUT2D eigenvalue weighted by molar-refractivity contribution is 0.443. The van der Waals surface area contributed by atoms with Crippen LogP contribution in [-0.4, -0.2) is 6.54 Å². The maximum Gasteiger partial charge on any atom is 0.0487 e. The number of hydrogen-bond acceptors (Lipinski definition) is 1. The van der Waals surface area contributed by atoms with Crippen molar-refractivity contribution in [3.05, 3.63) is 28.2 Å². The molecule has 78 valence electrons. The van der Waals surface area contributed by atoms with E-state index in [4.69, 9.17) is 0 Å². The van der Waals surface area contributed by atoms with Gasteiger partial charge in [-0.25, -0.2) is 0 Å². The molecule has 0 heterocycles. The van der Waals surface area contributed by atoms with E-state index in [1.807, 2.05) is 0 Å². The van der Waals surface area contributed by atoms with E-state index in [2.05, 4.69) is 67.1 Å². The third-order valence-electron chi connectivity index (χ3n) is 2.00. The molecule has 0 aliphatic carbocycles. The summed E-state index contributed by atoms with van der Waals surface area (Å²) in [5.74, 6) is 0. The Bertz CT molecular complexity index is 313. The highest BCUT2D eigenvalue weighted by atomic mass is 79.9. The highest BCUT2D eigenvalue weighted by Crippen LogP contribution is 2.26. The van der Waals surface area contributed by atoms with E-state index in [1.54, 1.807) is 0 Å². The lowest BCUT2D eigenvalue weighted by Crippen LogP contribution is -2.19. The Morgan fingerprint density at radius 1 is 1.29 bits per heavy atom. The fourth-order valence-electron chi connectivity index (χ4n) is 1.14. The van der Waals surface area contributed by atoms with Gasteiger partial charge >= 0.3 is 0 Å².